The van der Waals surface area contributed by atoms with E-state index in [4.69, 9.17) is 5.73 Å². The van der Waals surface area contributed by atoms with E-state index in [2.05, 4.69) is 18.7 Å². The van der Waals surface area contributed by atoms with E-state index in [1.54, 1.807) is 4.31 Å². The zero-order chi connectivity index (χ0) is 14.3. The summed E-state index contributed by atoms with van der Waals surface area (Å²) >= 11 is 0. The van der Waals surface area contributed by atoms with Crippen molar-refractivity contribution < 1.29 is 8.42 Å². The van der Waals surface area contributed by atoms with E-state index >= 15 is 0 Å². The van der Waals surface area contributed by atoms with Crippen molar-refractivity contribution in [3.63, 3.8) is 0 Å². The summed E-state index contributed by atoms with van der Waals surface area (Å²) in [6, 6.07) is 0. The standard InChI is InChI=1S/C13H27N3O2S/c1-11(2)13(14)9-15(10-13)7-12-5-4-6-16(8-12)19(3,17)18/h11-12H,4-10,14H2,1-3H3. The van der Waals surface area contributed by atoms with Crippen LogP contribution in [0.5, 0.6) is 0 Å². The Hall–Kier alpha value is -0.170. The summed E-state index contributed by atoms with van der Waals surface area (Å²) in [5.41, 5.74) is 6.25. The van der Waals surface area contributed by atoms with Gasteiger partial charge in [0.2, 0.25) is 10.0 Å². The maximum Gasteiger partial charge on any atom is 0.211 e. The Morgan fingerprint density at radius 2 is 2.00 bits per heavy atom. The average molecular weight is 289 g/mol. The van der Waals surface area contributed by atoms with Crippen LogP contribution in [0.3, 0.4) is 0 Å². The number of nitrogens with zero attached hydrogens (tertiary/aromatic N) is 2. The molecule has 2 saturated heterocycles. The first kappa shape index (κ1) is 15.2. The van der Waals surface area contributed by atoms with Gasteiger partial charge in [-0.1, -0.05) is 13.8 Å². The third-order valence-corrected chi connectivity index (χ3v) is 5.92. The van der Waals surface area contributed by atoms with E-state index in [-0.39, 0.29) is 5.54 Å². The molecule has 0 aromatic carbocycles. The molecule has 19 heavy (non-hydrogen) atoms. The van der Waals surface area contributed by atoms with E-state index in [0.29, 0.717) is 24.9 Å². The first-order valence-corrected chi connectivity index (χ1v) is 9.02. The van der Waals surface area contributed by atoms with E-state index < -0.39 is 10.0 Å². The summed E-state index contributed by atoms with van der Waals surface area (Å²) in [6.45, 7) is 8.57. The fourth-order valence-corrected chi connectivity index (χ4v) is 4.07. The number of piperidine rings is 1. The first-order chi connectivity index (χ1) is 8.71. The van der Waals surface area contributed by atoms with Gasteiger partial charge in [-0.25, -0.2) is 12.7 Å². The smallest absolute Gasteiger partial charge is 0.211 e. The Morgan fingerprint density at radius 1 is 1.37 bits per heavy atom. The molecule has 0 saturated carbocycles. The highest BCUT2D eigenvalue weighted by Gasteiger charge is 2.42. The van der Waals surface area contributed by atoms with Gasteiger partial charge in [0.15, 0.2) is 0 Å². The van der Waals surface area contributed by atoms with Gasteiger partial charge >= 0.3 is 0 Å². The van der Waals surface area contributed by atoms with E-state index in [9.17, 15) is 8.42 Å². The van der Waals surface area contributed by atoms with Crippen molar-refractivity contribution >= 4 is 10.0 Å². The lowest BCUT2D eigenvalue weighted by atomic mass is 9.79. The van der Waals surface area contributed by atoms with Crippen molar-refractivity contribution in [3.8, 4) is 0 Å². The number of rotatable bonds is 4. The lowest BCUT2D eigenvalue weighted by Gasteiger charge is -2.52. The van der Waals surface area contributed by atoms with Gasteiger partial charge in [0, 0.05) is 38.3 Å². The third kappa shape index (κ3) is 3.48. The quantitative estimate of drug-likeness (QED) is 0.810. The van der Waals surface area contributed by atoms with Crippen molar-refractivity contribution in [1.82, 2.24) is 9.21 Å². The minimum atomic E-state index is -3.03. The summed E-state index contributed by atoms with van der Waals surface area (Å²) < 4.78 is 24.8. The number of sulfonamides is 1. The Balaban J connectivity index is 1.82. The zero-order valence-electron chi connectivity index (χ0n) is 12.3. The van der Waals surface area contributed by atoms with Crippen molar-refractivity contribution in [3.05, 3.63) is 0 Å². The van der Waals surface area contributed by atoms with Crippen molar-refractivity contribution in [1.29, 1.82) is 0 Å². The van der Waals surface area contributed by atoms with Crippen LogP contribution in [0, 0.1) is 11.8 Å². The molecule has 2 N–H and O–H groups in total. The van der Waals surface area contributed by atoms with Gasteiger partial charge in [0.25, 0.3) is 0 Å². The second kappa shape index (κ2) is 5.31. The number of hydrogen-bond acceptors (Lipinski definition) is 4. The van der Waals surface area contributed by atoms with Gasteiger partial charge < -0.3 is 5.73 Å². The van der Waals surface area contributed by atoms with Crippen LogP contribution in [0.25, 0.3) is 0 Å². The van der Waals surface area contributed by atoms with Crippen molar-refractivity contribution in [2.75, 3.05) is 39.0 Å². The predicted octanol–water partition coefficient (Wildman–Crippen LogP) is 0.327. The molecule has 2 aliphatic rings. The van der Waals surface area contributed by atoms with Gasteiger partial charge in [0.05, 0.1) is 6.26 Å². The zero-order valence-corrected chi connectivity index (χ0v) is 13.1. The molecule has 0 aromatic heterocycles. The van der Waals surface area contributed by atoms with Crippen LogP contribution in [0.1, 0.15) is 26.7 Å². The van der Waals surface area contributed by atoms with Gasteiger partial charge in [0.1, 0.15) is 0 Å². The highest BCUT2D eigenvalue weighted by atomic mass is 32.2. The van der Waals surface area contributed by atoms with Gasteiger partial charge in [-0.3, -0.25) is 4.90 Å². The average Bonchev–Trinajstić information content (AvgIpc) is 2.25. The molecule has 0 bridgehead atoms. The van der Waals surface area contributed by atoms with Crippen LogP contribution in [0.2, 0.25) is 0 Å². The molecule has 5 nitrogen and oxygen atoms in total. The molecule has 112 valence electrons. The summed E-state index contributed by atoms with van der Waals surface area (Å²) in [5.74, 6) is 0.961. The number of hydrogen-bond donors (Lipinski definition) is 1. The van der Waals surface area contributed by atoms with Crippen LogP contribution in [-0.2, 0) is 10.0 Å². The first-order valence-electron chi connectivity index (χ1n) is 7.17. The summed E-state index contributed by atoms with van der Waals surface area (Å²) in [5, 5.41) is 0. The van der Waals surface area contributed by atoms with Gasteiger partial charge in [-0.15, -0.1) is 0 Å². The van der Waals surface area contributed by atoms with E-state index in [1.807, 2.05) is 0 Å². The maximum absolute atomic E-state index is 11.6. The molecule has 0 radical (unpaired) electrons. The Labute approximate surface area is 117 Å². The summed E-state index contributed by atoms with van der Waals surface area (Å²) in [7, 11) is -3.03. The monoisotopic (exact) mass is 289 g/mol. The Kier molecular flexibility index (Phi) is 4.26. The van der Waals surface area contributed by atoms with Crippen molar-refractivity contribution in [2.24, 2.45) is 17.6 Å². The molecule has 6 heteroatoms. The normalized spacial score (nSPS) is 29.4. The molecule has 1 atom stereocenters. The lowest BCUT2D eigenvalue weighted by Crippen LogP contribution is -2.70. The van der Waals surface area contributed by atoms with Crippen LogP contribution in [-0.4, -0.2) is 62.1 Å². The number of nitrogens with two attached hydrogens (primary N) is 1. The molecule has 2 rings (SSSR count). The lowest BCUT2D eigenvalue weighted by molar-refractivity contribution is 0.0188. The second-order valence-electron chi connectivity index (χ2n) is 6.69. The van der Waals surface area contributed by atoms with Crippen molar-refractivity contribution in [2.45, 2.75) is 32.2 Å². The Bertz CT molecular complexity index is 416. The SMILES string of the molecule is CC(C)C1(N)CN(CC2CCCN(S(C)(=O)=O)C2)C1. The van der Waals surface area contributed by atoms with Gasteiger partial charge in [-0.2, -0.15) is 0 Å². The topological polar surface area (TPSA) is 66.6 Å². The minimum absolute atomic E-state index is 0.0365. The summed E-state index contributed by atoms with van der Waals surface area (Å²) in [4.78, 5) is 2.37. The molecule has 0 aromatic rings. The molecule has 0 aliphatic carbocycles. The van der Waals surface area contributed by atoms with Crippen LogP contribution < -0.4 is 5.73 Å². The fourth-order valence-electron chi connectivity index (χ4n) is 3.12. The van der Waals surface area contributed by atoms with Crippen LogP contribution in [0.4, 0.5) is 0 Å². The van der Waals surface area contributed by atoms with E-state index in [0.717, 1.165) is 32.5 Å². The minimum Gasteiger partial charge on any atom is -0.323 e. The van der Waals surface area contributed by atoms with Crippen LogP contribution >= 0.6 is 0 Å². The van der Waals surface area contributed by atoms with E-state index in [1.165, 1.54) is 6.26 Å². The number of likely N-dealkylation sites (tertiary alicyclic amines) is 1. The molecule has 2 heterocycles. The third-order valence-electron chi connectivity index (χ3n) is 4.65. The molecular weight excluding hydrogens is 262 g/mol. The van der Waals surface area contributed by atoms with Crippen LogP contribution in [0.15, 0.2) is 0 Å². The Morgan fingerprint density at radius 3 is 2.53 bits per heavy atom. The highest BCUT2D eigenvalue weighted by Crippen LogP contribution is 2.28. The molecule has 0 amide bonds. The molecule has 1 unspecified atom stereocenters. The maximum atomic E-state index is 11.6. The molecule has 2 aliphatic heterocycles. The molecule has 0 spiro atoms. The van der Waals surface area contributed by atoms with Gasteiger partial charge in [-0.05, 0) is 24.7 Å². The fraction of sp³-hybridized carbons (Fsp3) is 1.00. The highest BCUT2D eigenvalue weighted by molar-refractivity contribution is 7.88. The molecule has 2 fully saturated rings. The largest absolute Gasteiger partial charge is 0.323 e. The summed E-state index contributed by atoms with van der Waals surface area (Å²) in [6.07, 6.45) is 3.41. The molecular formula is C13H27N3O2S. The predicted molar refractivity (Wildman–Crippen MR) is 77.3 cm³/mol. The second-order valence-corrected chi connectivity index (χ2v) is 8.67.